The molecule has 86 valence electrons. The molecule has 0 saturated carbocycles. The van der Waals surface area contributed by atoms with E-state index in [0.29, 0.717) is 6.04 Å². The third-order valence-corrected chi connectivity index (χ3v) is 2.74. The second-order valence-corrected chi connectivity index (χ2v) is 3.88. The van der Waals surface area contributed by atoms with E-state index in [9.17, 15) is 0 Å². The van der Waals surface area contributed by atoms with E-state index >= 15 is 0 Å². The van der Waals surface area contributed by atoms with E-state index in [-0.39, 0.29) is 0 Å². The van der Waals surface area contributed by atoms with Gasteiger partial charge in [-0.2, -0.15) is 0 Å². The SMILES string of the molecule is CNC(C)Cc1onc2ccc(OC)cc12. The first-order valence-electron chi connectivity index (χ1n) is 5.34. The Kier molecular flexibility index (Phi) is 3.10. The van der Waals surface area contributed by atoms with Crippen molar-refractivity contribution in [3.63, 3.8) is 0 Å². The van der Waals surface area contributed by atoms with Crippen LogP contribution in [0, 0.1) is 0 Å². The standard InChI is InChI=1S/C12H16N2O2/c1-8(13-2)6-12-10-7-9(15-3)4-5-11(10)14-16-12/h4-5,7-8,13H,6H2,1-3H3. The highest BCUT2D eigenvalue weighted by Crippen LogP contribution is 2.24. The van der Waals surface area contributed by atoms with E-state index in [0.717, 1.165) is 28.8 Å². The molecule has 1 N–H and O–H groups in total. The van der Waals surface area contributed by atoms with Gasteiger partial charge in [-0.15, -0.1) is 0 Å². The van der Waals surface area contributed by atoms with Crippen molar-refractivity contribution in [2.24, 2.45) is 0 Å². The number of nitrogens with one attached hydrogen (secondary N) is 1. The Balaban J connectivity index is 2.38. The first-order valence-corrected chi connectivity index (χ1v) is 5.34. The highest BCUT2D eigenvalue weighted by molar-refractivity contribution is 5.82. The summed E-state index contributed by atoms with van der Waals surface area (Å²) in [6, 6.07) is 6.12. The molecule has 0 saturated heterocycles. The molecule has 0 aliphatic heterocycles. The van der Waals surface area contributed by atoms with Crippen LogP contribution >= 0.6 is 0 Å². The van der Waals surface area contributed by atoms with Gasteiger partial charge in [-0.3, -0.25) is 0 Å². The molecule has 0 spiro atoms. The Morgan fingerprint density at radius 2 is 2.31 bits per heavy atom. The summed E-state index contributed by atoms with van der Waals surface area (Å²) >= 11 is 0. The summed E-state index contributed by atoms with van der Waals surface area (Å²) in [4.78, 5) is 0. The van der Waals surface area contributed by atoms with Crippen LogP contribution in [-0.4, -0.2) is 25.4 Å². The van der Waals surface area contributed by atoms with Gasteiger partial charge in [-0.25, -0.2) is 0 Å². The van der Waals surface area contributed by atoms with Gasteiger partial charge < -0.3 is 14.6 Å². The van der Waals surface area contributed by atoms with Crippen molar-refractivity contribution >= 4 is 10.9 Å². The highest BCUT2D eigenvalue weighted by atomic mass is 16.5. The number of hydrogen-bond donors (Lipinski definition) is 1. The molecular weight excluding hydrogens is 204 g/mol. The van der Waals surface area contributed by atoms with Crippen LogP contribution in [0.4, 0.5) is 0 Å². The van der Waals surface area contributed by atoms with Gasteiger partial charge in [0.05, 0.1) is 7.11 Å². The van der Waals surface area contributed by atoms with Crippen LogP contribution < -0.4 is 10.1 Å². The fraction of sp³-hybridized carbons (Fsp3) is 0.417. The Bertz CT molecular complexity index is 479. The van der Waals surface area contributed by atoms with Crippen molar-refractivity contribution in [2.75, 3.05) is 14.2 Å². The fourth-order valence-corrected chi connectivity index (χ4v) is 1.63. The summed E-state index contributed by atoms with van der Waals surface area (Å²) in [7, 11) is 3.59. The van der Waals surface area contributed by atoms with Gasteiger partial charge in [0.25, 0.3) is 0 Å². The molecule has 2 rings (SSSR count). The van der Waals surface area contributed by atoms with E-state index < -0.39 is 0 Å². The number of methoxy groups -OCH3 is 1. The number of hydrogen-bond acceptors (Lipinski definition) is 4. The number of fused-ring (bicyclic) bond motifs is 1. The second-order valence-electron chi connectivity index (χ2n) is 3.88. The Morgan fingerprint density at radius 3 is 3.00 bits per heavy atom. The van der Waals surface area contributed by atoms with Gasteiger partial charge in [0.1, 0.15) is 17.0 Å². The van der Waals surface area contributed by atoms with Crippen LogP contribution in [0.25, 0.3) is 10.9 Å². The molecule has 0 amide bonds. The molecule has 4 heteroatoms. The summed E-state index contributed by atoms with van der Waals surface area (Å²) in [6.07, 6.45) is 0.820. The molecule has 0 radical (unpaired) electrons. The fourth-order valence-electron chi connectivity index (χ4n) is 1.63. The molecule has 1 unspecified atom stereocenters. The molecule has 16 heavy (non-hydrogen) atoms. The first kappa shape index (κ1) is 11.0. The van der Waals surface area contributed by atoms with Gasteiger partial charge in [-0.1, -0.05) is 5.16 Å². The normalized spacial score (nSPS) is 12.9. The summed E-state index contributed by atoms with van der Waals surface area (Å²) in [6.45, 7) is 2.11. The van der Waals surface area contributed by atoms with Gasteiger partial charge in [0.15, 0.2) is 0 Å². The van der Waals surface area contributed by atoms with Crippen molar-refractivity contribution in [3.8, 4) is 5.75 Å². The molecule has 1 aromatic carbocycles. The average molecular weight is 220 g/mol. The Labute approximate surface area is 94.6 Å². The minimum Gasteiger partial charge on any atom is -0.497 e. The quantitative estimate of drug-likeness (QED) is 0.856. The van der Waals surface area contributed by atoms with E-state index in [1.165, 1.54) is 0 Å². The maximum absolute atomic E-state index is 5.34. The number of nitrogens with zero attached hydrogens (tertiary/aromatic N) is 1. The molecule has 0 aliphatic carbocycles. The molecule has 0 aliphatic rings. The smallest absolute Gasteiger partial charge is 0.146 e. The van der Waals surface area contributed by atoms with E-state index in [1.54, 1.807) is 7.11 Å². The van der Waals surface area contributed by atoms with Crippen LogP contribution in [0.5, 0.6) is 5.75 Å². The maximum Gasteiger partial charge on any atom is 0.146 e. The Hall–Kier alpha value is -1.55. The number of rotatable bonds is 4. The van der Waals surface area contributed by atoms with Gasteiger partial charge in [0.2, 0.25) is 0 Å². The zero-order valence-corrected chi connectivity index (χ0v) is 9.78. The van der Waals surface area contributed by atoms with Crippen molar-refractivity contribution < 1.29 is 9.26 Å². The molecular formula is C12H16N2O2. The van der Waals surface area contributed by atoms with Gasteiger partial charge in [-0.05, 0) is 32.2 Å². The van der Waals surface area contributed by atoms with Crippen molar-refractivity contribution in [2.45, 2.75) is 19.4 Å². The predicted molar refractivity (Wildman–Crippen MR) is 62.8 cm³/mol. The monoisotopic (exact) mass is 220 g/mol. The minimum atomic E-state index is 0.363. The van der Waals surface area contributed by atoms with Crippen molar-refractivity contribution in [3.05, 3.63) is 24.0 Å². The van der Waals surface area contributed by atoms with E-state index in [1.807, 2.05) is 25.2 Å². The number of likely N-dealkylation sites (N-methyl/N-ethyl adjacent to an activating group) is 1. The predicted octanol–water partition coefficient (Wildman–Crippen LogP) is 1.99. The van der Waals surface area contributed by atoms with Crippen LogP contribution in [-0.2, 0) is 6.42 Å². The van der Waals surface area contributed by atoms with Crippen LogP contribution in [0.2, 0.25) is 0 Å². The number of aromatic nitrogens is 1. The minimum absolute atomic E-state index is 0.363. The summed E-state index contributed by atoms with van der Waals surface area (Å²) in [5.41, 5.74) is 0.874. The molecule has 1 aromatic heterocycles. The maximum atomic E-state index is 5.34. The molecule has 4 nitrogen and oxygen atoms in total. The largest absolute Gasteiger partial charge is 0.497 e. The lowest BCUT2D eigenvalue weighted by molar-refractivity contribution is 0.378. The van der Waals surface area contributed by atoms with Crippen molar-refractivity contribution in [1.82, 2.24) is 10.5 Å². The third-order valence-electron chi connectivity index (χ3n) is 2.74. The topological polar surface area (TPSA) is 47.3 Å². The third kappa shape index (κ3) is 2.02. The van der Waals surface area contributed by atoms with Crippen molar-refractivity contribution in [1.29, 1.82) is 0 Å². The Morgan fingerprint density at radius 1 is 1.50 bits per heavy atom. The first-order chi connectivity index (χ1) is 7.74. The van der Waals surface area contributed by atoms with Gasteiger partial charge in [0, 0.05) is 17.8 Å². The highest BCUT2D eigenvalue weighted by Gasteiger charge is 2.11. The zero-order valence-electron chi connectivity index (χ0n) is 9.78. The lowest BCUT2D eigenvalue weighted by Gasteiger charge is -2.06. The molecule has 2 aromatic rings. The van der Waals surface area contributed by atoms with E-state index in [2.05, 4.69) is 17.4 Å². The lowest BCUT2D eigenvalue weighted by Crippen LogP contribution is -2.23. The molecule has 1 atom stereocenters. The van der Waals surface area contributed by atoms with Gasteiger partial charge >= 0.3 is 0 Å². The molecule has 0 fully saturated rings. The average Bonchev–Trinajstić information content (AvgIpc) is 2.71. The zero-order chi connectivity index (χ0) is 11.5. The summed E-state index contributed by atoms with van der Waals surface area (Å²) in [5, 5.41) is 8.23. The van der Waals surface area contributed by atoms with Crippen LogP contribution in [0.1, 0.15) is 12.7 Å². The second kappa shape index (κ2) is 4.53. The summed E-state index contributed by atoms with van der Waals surface area (Å²) < 4.78 is 10.5. The molecule has 1 heterocycles. The number of benzene rings is 1. The lowest BCUT2D eigenvalue weighted by atomic mass is 10.1. The number of ether oxygens (including phenoxy) is 1. The summed E-state index contributed by atoms with van der Waals surface area (Å²) in [5.74, 6) is 1.73. The van der Waals surface area contributed by atoms with E-state index in [4.69, 9.17) is 9.26 Å². The van der Waals surface area contributed by atoms with Crippen LogP contribution in [0.3, 0.4) is 0 Å². The van der Waals surface area contributed by atoms with Crippen LogP contribution in [0.15, 0.2) is 22.7 Å². The molecule has 0 bridgehead atoms.